The number of amides is 4. The minimum Gasteiger partial charge on any atom is -0.480 e. The molecule has 0 radical (unpaired) electrons. The summed E-state index contributed by atoms with van der Waals surface area (Å²) < 4.78 is 0. The molecule has 1 saturated heterocycles. The van der Waals surface area contributed by atoms with Crippen molar-refractivity contribution in [1.29, 1.82) is 0 Å². The Morgan fingerprint density at radius 3 is 2.27 bits per heavy atom. The maximum Gasteiger partial charge on any atom is 0.326 e. The van der Waals surface area contributed by atoms with Crippen molar-refractivity contribution >= 4 is 42.2 Å². The Labute approximate surface area is 180 Å². The number of carbonyl (C=O) groups excluding carboxylic acids is 4. The molecule has 1 rings (SSSR count). The summed E-state index contributed by atoms with van der Waals surface area (Å²) in [6.45, 7) is 3.89. The molecule has 1 heterocycles. The Morgan fingerprint density at radius 2 is 1.77 bits per heavy atom. The molecular weight excluding hydrogens is 414 g/mol. The number of carboxylic acid groups (broad SMARTS) is 1. The maximum absolute atomic E-state index is 12.7. The minimum atomic E-state index is -1.32. The quantitative estimate of drug-likeness (QED) is 0.203. The first-order chi connectivity index (χ1) is 14.0. The van der Waals surface area contributed by atoms with E-state index in [1.54, 1.807) is 6.92 Å². The van der Waals surface area contributed by atoms with Crippen LogP contribution in [0.3, 0.4) is 0 Å². The zero-order chi connectivity index (χ0) is 23.0. The van der Waals surface area contributed by atoms with E-state index in [2.05, 4.69) is 23.3 Å². The Morgan fingerprint density at radius 1 is 1.17 bits per heavy atom. The van der Waals surface area contributed by atoms with E-state index in [0.717, 1.165) is 0 Å². The lowest BCUT2D eigenvalue weighted by Crippen LogP contribution is -2.58. The van der Waals surface area contributed by atoms with Gasteiger partial charge >= 0.3 is 5.97 Å². The van der Waals surface area contributed by atoms with E-state index in [1.165, 1.54) is 4.90 Å². The Hall–Kier alpha value is -2.34. The van der Waals surface area contributed by atoms with Gasteiger partial charge < -0.3 is 32.1 Å². The van der Waals surface area contributed by atoms with Crippen LogP contribution in [0.25, 0.3) is 0 Å². The molecule has 0 aromatic rings. The van der Waals surface area contributed by atoms with Crippen LogP contribution in [0.4, 0.5) is 0 Å². The monoisotopic (exact) mass is 445 g/mol. The fourth-order valence-electron chi connectivity index (χ4n) is 3.14. The number of aliphatic carboxylic acids is 1. The lowest BCUT2D eigenvalue weighted by Gasteiger charge is -2.28. The number of hydrogen-bond acceptors (Lipinski definition) is 7. The van der Waals surface area contributed by atoms with Gasteiger partial charge in [-0.15, -0.1) is 0 Å². The van der Waals surface area contributed by atoms with Crippen molar-refractivity contribution in [2.24, 2.45) is 17.4 Å². The second-order valence-electron chi connectivity index (χ2n) is 7.41. The van der Waals surface area contributed by atoms with Crippen LogP contribution in [0.15, 0.2) is 0 Å². The van der Waals surface area contributed by atoms with E-state index >= 15 is 0 Å². The number of hydrogen-bond donors (Lipinski definition) is 6. The number of thiol groups is 1. The summed E-state index contributed by atoms with van der Waals surface area (Å²) in [6, 6.07) is -4.31. The van der Waals surface area contributed by atoms with Crippen LogP contribution < -0.4 is 22.1 Å². The predicted molar refractivity (Wildman–Crippen MR) is 111 cm³/mol. The van der Waals surface area contributed by atoms with Gasteiger partial charge in [-0.2, -0.15) is 12.6 Å². The molecule has 5 unspecified atom stereocenters. The van der Waals surface area contributed by atoms with E-state index < -0.39 is 60.2 Å². The molecule has 7 N–H and O–H groups in total. The van der Waals surface area contributed by atoms with Gasteiger partial charge in [0, 0.05) is 12.3 Å². The van der Waals surface area contributed by atoms with Crippen LogP contribution in [0.2, 0.25) is 0 Å². The van der Waals surface area contributed by atoms with E-state index in [0.29, 0.717) is 19.3 Å². The van der Waals surface area contributed by atoms with Gasteiger partial charge in [-0.1, -0.05) is 20.3 Å². The van der Waals surface area contributed by atoms with Gasteiger partial charge in [0.2, 0.25) is 23.6 Å². The molecule has 30 heavy (non-hydrogen) atoms. The van der Waals surface area contributed by atoms with E-state index in [1.807, 2.05) is 6.92 Å². The third kappa shape index (κ3) is 6.87. The molecule has 0 aromatic carbocycles. The predicted octanol–water partition coefficient (Wildman–Crippen LogP) is -1.79. The number of nitrogens with two attached hydrogens (primary N) is 2. The summed E-state index contributed by atoms with van der Waals surface area (Å²) >= 11 is 4.08. The molecule has 5 atom stereocenters. The molecule has 0 spiro atoms. The topological polar surface area (TPSA) is 185 Å². The second-order valence-corrected chi connectivity index (χ2v) is 7.78. The summed E-state index contributed by atoms with van der Waals surface area (Å²) in [5.74, 6) is -4.23. The zero-order valence-corrected chi connectivity index (χ0v) is 18.1. The highest BCUT2D eigenvalue weighted by Gasteiger charge is 2.38. The van der Waals surface area contributed by atoms with E-state index in [4.69, 9.17) is 11.5 Å². The third-order valence-electron chi connectivity index (χ3n) is 5.22. The van der Waals surface area contributed by atoms with Gasteiger partial charge in [-0.05, 0) is 18.8 Å². The molecule has 0 saturated carbocycles. The standard InChI is InChI=1S/C18H31N5O6S/c1-3-9(2)14(20)16(26)21-10(7-13(19)24)15(25)22-11(8-30)17(27)23-6-4-5-12(23)18(28)29/h9-12,14,30H,3-8,20H2,1-2H3,(H2,19,24)(H,21,26)(H,22,25)(H,28,29). The highest BCUT2D eigenvalue weighted by molar-refractivity contribution is 7.80. The Balaban J connectivity index is 2.89. The fourth-order valence-corrected chi connectivity index (χ4v) is 3.38. The molecule has 1 aliphatic heterocycles. The lowest BCUT2D eigenvalue weighted by molar-refractivity contribution is -0.149. The molecular formula is C18H31N5O6S. The smallest absolute Gasteiger partial charge is 0.326 e. The van der Waals surface area contributed by atoms with Crippen molar-refractivity contribution in [2.75, 3.05) is 12.3 Å². The second kappa shape index (κ2) is 11.7. The fraction of sp³-hybridized carbons (Fsp3) is 0.722. The van der Waals surface area contributed by atoms with Gasteiger partial charge in [0.05, 0.1) is 12.5 Å². The molecule has 0 bridgehead atoms. The van der Waals surface area contributed by atoms with E-state index in [9.17, 15) is 29.1 Å². The Bertz CT molecular complexity index is 675. The maximum atomic E-state index is 12.7. The zero-order valence-electron chi connectivity index (χ0n) is 17.2. The number of nitrogens with zero attached hydrogens (tertiary/aromatic N) is 1. The molecule has 12 heteroatoms. The molecule has 11 nitrogen and oxygen atoms in total. The molecule has 170 valence electrons. The number of carbonyl (C=O) groups is 5. The average Bonchev–Trinajstić information content (AvgIpc) is 3.19. The van der Waals surface area contributed by atoms with Crippen molar-refractivity contribution in [1.82, 2.24) is 15.5 Å². The van der Waals surface area contributed by atoms with Gasteiger partial charge in [-0.25, -0.2) is 4.79 Å². The third-order valence-corrected chi connectivity index (χ3v) is 5.58. The molecule has 1 fully saturated rings. The van der Waals surface area contributed by atoms with E-state index in [-0.39, 0.29) is 18.2 Å². The lowest BCUT2D eigenvalue weighted by atomic mass is 9.99. The molecule has 0 aromatic heterocycles. The van der Waals surface area contributed by atoms with Crippen LogP contribution in [-0.2, 0) is 24.0 Å². The number of nitrogens with one attached hydrogen (secondary N) is 2. The minimum absolute atomic E-state index is 0.100. The summed E-state index contributed by atoms with van der Waals surface area (Å²) in [6.07, 6.45) is 1.00. The first-order valence-electron chi connectivity index (χ1n) is 9.82. The van der Waals surface area contributed by atoms with Gasteiger partial charge in [0.15, 0.2) is 0 Å². The molecule has 0 aliphatic carbocycles. The van der Waals surface area contributed by atoms with Crippen molar-refractivity contribution in [3.63, 3.8) is 0 Å². The Kier molecular flexibility index (Phi) is 10.1. The first kappa shape index (κ1) is 25.7. The SMILES string of the molecule is CCC(C)C(N)C(=O)NC(CC(N)=O)C(=O)NC(CS)C(=O)N1CCCC1C(=O)O. The van der Waals surface area contributed by atoms with Crippen molar-refractivity contribution in [3.8, 4) is 0 Å². The summed E-state index contributed by atoms with van der Waals surface area (Å²) in [5.41, 5.74) is 11.1. The largest absolute Gasteiger partial charge is 0.480 e. The summed E-state index contributed by atoms with van der Waals surface area (Å²) in [7, 11) is 0. The van der Waals surface area contributed by atoms with Crippen LogP contribution in [-0.4, -0.2) is 76.1 Å². The molecule has 1 aliphatic rings. The normalized spacial score (nSPS) is 20.0. The summed E-state index contributed by atoms with van der Waals surface area (Å²) in [5, 5.41) is 14.1. The van der Waals surface area contributed by atoms with Crippen molar-refractivity contribution in [2.45, 2.75) is 63.7 Å². The number of carboxylic acids is 1. The van der Waals surface area contributed by atoms with Gasteiger partial charge in [-0.3, -0.25) is 19.2 Å². The average molecular weight is 446 g/mol. The van der Waals surface area contributed by atoms with Crippen molar-refractivity contribution < 1.29 is 29.1 Å². The summed E-state index contributed by atoms with van der Waals surface area (Å²) in [4.78, 5) is 61.6. The van der Waals surface area contributed by atoms with Gasteiger partial charge in [0.25, 0.3) is 0 Å². The van der Waals surface area contributed by atoms with Crippen LogP contribution in [0.5, 0.6) is 0 Å². The number of likely N-dealkylation sites (tertiary alicyclic amines) is 1. The van der Waals surface area contributed by atoms with Gasteiger partial charge in [0.1, 0.15) is 18.1 Å². The highest BCUT2D eigenvalue weighted by atomic mass is 32.1. The molecule has 4 amide bonds. The van der Waals surface area contributed by atoms with Crippen LogP contribution in [0.1, 0.15) is 39.5 Å². The first-order valence-corrected chi connectivity index (χ1v) is 10.4. The van der Waals surface area contributed by atoms with Crippen LogP contribution in [0, 0.1) is 5.92 Å². The van der Waals surface area contributed by atoms with Crippen molar-refractivity contribution in [3.05, 3.63) is 0 Å². The van der Waals surface area contributed by atoms with Crippen LogP contribution >= 0.6 is 12.6 Å². The number of primary amides is 1. The number of rotatable bonds is 11. The highest BCUT2D eigenvalue weighted by Crippen LogP contribution is 2.19.